The lowest BCUT2D eigenvalue weighted by molar-refractivity contribution is 0.0934. The first-order valence-electron chi connectivity index (χ1n) is 6.41. The zero-order valence-corrected chi connectivity index (χ0v) is 11.7. The van der Waals surface area contributed by atoms with E-state index in [0.717, 1.165) is 12.2 Å². The lowest BCUT2D eigenvalue weighted by atomic mass is 9.89. The lowest BCUT2D eigenvalue weighted by Gasteiger charge is -2.23. The Morgan fingerprint density at radius 3 is 2.72 bits per heavy atom. The van der Waals surface area contributed by atoms with E-state index in [9.17, 15) is 4.79 Å². The van der Waals surface area contributed by atoms with E-state index in [1.54, 1.807) is 12.1 Å². The Bertz CT molecular complexity index is 433. The summed E-state index contributed by atoms with van der Waals surface area (Å²) in [4.78, 5) is 16.1. The van der Waals surface area contributed by atoms with Crippen molar-refractivity contribution in [2.75, 3.05) is 6.54 Å². The maximum Gasteiger partial charge on any atom is 0.251 e. The Kier molecular flexibility index (Phi) is 3.91. The summed E-state index contributed by atoms with van der Waals surface area (Å²) in [7, 11) is 0. The highest BCUT2D eigenvalue weighted by Gasteiger charge is 2.28. The normalized spacial score (nSPS) is 17.7. The van der Waals surface area contributed by atoms with E-state index >= 15 is 0 Å². The van der Waals surface area contributed by atoms with Crippen molar-refractivity contribution in [2.45, 2.75) is 39.5 Å². The Balaban J connectivity index is 1.99. The lowest BCUT2D eigenvalue weighted by Crippen LogP contribution is -2.34. The van der Waals surface area contributed by atoms with Gasteiger partial charge in [-0.05, 0) is 37.3 Å². The van der Waals surface area contributed by atoms with Gasteiger partial charge >= 0.3 is 0 Å². The Hall–Kier alpha value is -1.09. The van der Waals surface area contributed by atoms with E-state index in [1.807, 2.05) is 6.92 Å². The zero-order chi connectivity index (χ0) is 13.2. The van der Waals surface area contributed by atoms with E-state index in [1.165, 1.54) is 25.7 Å². The molecule has 1 fully saturated rings. The molecule has 0 radical (unpaired) electrons. The highest BCUT2D eigenvalue weighted by atomic mass is 35.5. The fourth-order valence-corrected chi connectivity index (χ4v) is 2.81. The van der Waals surface area contributed by atoms with Crippen molar-refractivity contribution in [3.63, 3.8) is 0 Å². The van der Waals surface area contributed by atoms with Crippen LogP contribution >= 0.6 is 11.6 Å². The second-order valence-electron chi connectivity index (χ2n) is 5.52. The van der Waals surface area contributed by atoms with Gasteiger partial charge in [-0.25, -0.2) is 4.98 Å². The van der Waals surface area contributed by atoms with Crippen molar-refractivity contribution < 1.29 is 4.79 Å². The minimum atomic E-state index is -0.0597. The molecule has 1 saturated carbocycles. The first-order valence-corrected chi connectivity index (χ1v) is 6.79. The largest absolute Gasteiger partial charge is 0.351 e. The number of hydrogen-bond donors (Lipinski definition) is 1. The molecule has 1 N–H and O–H groups in total. The summed E-state index contributed by atoms with van der Waals surface area (Å²) in [6.07, 6.45) is 4.94. The number of aromatic nitrogens is 1. The summed E-state index contributed by atoms with van der Waals surface area (Å²) in [6.45, 7) is 4.82. The van der Waals surface area contributed by atoms with E-state index in [4.69, 9.17) is 11.6 Å². The third-order valence-corrected chi connectivity index (χ3v) is 3.86. The number of carbonyl (C=O) groups is 1. The third kappa shape index (κ3) is 3.22. The summed E-state index contributed by atoms with van der Waals surface area (Å²) in [6, 6.07) is 3.37. The maximum atomic E-state index is 12.1. The average Bonchev–Trinajstić information content (AvgIpc) is 2.72. The first-order chi connectivity index (χ1) is 8.48. The zero-order valence-electron chi connectivity index (χ0n) is 10.9. The van der Waals surface area contributed by atoms with Gasteiger partial charge in [0.25, 0.3) is 5.91 Å². The van der Waals surface area contributed by atoms with Crippen LogP contribution in [0.3, 0.4) is 0 Å². The fraction of sp³-hybridized carbons (Fsp3) is 0.571. The van der Waals surface area contributed by atoms with Crippen molar-refractivity contribution in [1.82, 2.24) is 10.3 Å². The minimum absolute atomic E-state index is 0.0597. The molecule has 0 bridgehead atoms. The van der Waals surface area contributed by atoms with Crippen LogP contribution in [-0.4, -0.2) is 17.4 Å². The topological polar surface area (TPSA) is 42.0 Å². The van der Waals surface area contributed by atoms with Crippen molar-refractivity contribution in [3.05, 3.63) is 28.5 Å². The summed E-state index contributed by atoms with van der Waals surface area (Å²) in [5.74, 6) is -0.0597. The number of rotatable bonds is 3. The van der Waals surface area contributed by atoms with Crippen LogP contribution in [0, 0.1) is 12.3 Å². The molecule has 0 aliphatic heterocycles. The van der Waals surface area contributed by atoms with Crippen LogP contribution in [0.4, 0.5) is 0 Å². The van der Waals surface area contributed by atoms with Crippen LogP contribution in [0.15, 0.2) is 12.1 Å². The summed E-state index contributed by atoms with van der Waals surface area (Å²) >= 11 is 5.86. The van der Waals surface area contributed by atoms with Crippen LogP contribution in [0.25, 0.3) is 0 Å². The highest BCUT2D eigenvalue weighted by molar-refractivity contribution is 6.29. The maximum absolute atomic E-state index is 12.1. The predicted molar refractivity (Wildman–Crippen MR) is 72.9 cm³/mol. The number of amides is 1. The molecule has 0 aromatic carbocycles. The van der Waals surface area contributed by atoms with Gasteiger partial charge in [0.15, 0.2) is 0 Å². The molecule has 98 valence electrons. The van der Waals surface area contributed by atoms with Crippen molar-refractivity contribution in [2.24, 2.45) is 5.41 Å². The molecule has 0 atom stereocenters. The molecular formula is C14H19ClN2O. The molecular weight excluding hydrogens is 248 g/mol. The molecule has 0 unspecified atom stereocenters. The monoisotopic (exact) mass is 266 g/mol. The minimum Gasteiger partial charge on any atom is -0.351 e. The SMILES string of the molecule is Cc1cc(C(=O)NCC2(C)CCCC2)cc(Cl)n1. The molecule has 1 aromatic rings. The molecule has 1 aliphatic rings. The molecule has 1 aliphatic carbocycles. The van der Waals surface area contributed by atoms with Gasteiger partial charge in [0.1, 0.15) is 5.15 Å². The van der Waals surface area contributed by atoms with Gasteiger partial charge in [-0.15, -0.1) is 0 Å². The molecule has 2 rings (SSSR count). The summed E-state index contributed by atoms with van der Waals surface area (Å²) < 4.78 is 0. The molecule has 1 aromatic heterocycles. The van der Waals surface area contributed by atoms with Crippen molar-refractivity contribution in [3.8, 4) is 0 Å². The molecule has 1 amide bonds. The van der Waals surface area contributed by atoms with E-state index < -0.39 is 0 Å². The average molecular weight is 267 g/mol. The highest BCUT2D eigenvalue weighted by Crippen LogP contribution is 2.36. The fourth-order valence-electron chi connectivity index (χ4n) is 2.56. The molecule has 1 heterocycles. The van der Waals surface area contributed by atoms with E-state index in [0.29, 0.717) is 10.7 Å². The number of hydrogen-bond acceptors (Lipinski definition) is 2. The predicted octanol–water partition coefficient (Wildman–Crippen LogP) is 3.35. The smallest absolute Gasteiger partial charge is 0.251 e. The molecule has 4 heteroatoms. The number of nitrogens with one attached hydrogen (secondary N) is 1. The van der Waals surface area contributed by atoms with E-state index in [2.05, 4.69) is 17.2 Å². The van der Waals surface area contributed by atoms with Crippen molar-refractivity contribution >= 4 is 17.5 Å². The molecule has 0 spiro atoms. The van der Waals surface area contributed by atoms with Crippen LogP contribution < -0.4 is 5.32 Å². The van der Waals surface area contributed by atoms with Gasteiger partial charge in [-0.2, -0.15) is 0 Å². The Morgan fingerprint density at radius 1 is 1.44 bits per heavy atom. The standard InChI is InChI=1S/C14H19ClN2O/c1-10-7-11(8-12(15)17-10)13(18)16-9-14(2)5-3-4-6-14/h7-8H,3-6,9H2,1-2H3,(H,16,18). The molecule has 3 nitrogen and oxygen atoms in total. The Morgan fingerprint density at radius 2 is 2.11 bits per heavy atom. The van der Waals surface area contributed by atoms with Gasteiger partial charge in [0.2, 0.25) is 0 Å². The quantitative estimate of drug-likeness (QED) is 0.853. The first kappa shape index (κ1) is 13.3. The second-order valence-corrected chi connectivity index (χ2v) is 5.91. The van der Waals surface area contributed by atoms with Gasteiger partial charge in [-0.1, -0.05) is 31.4 Å². The Labute approximate surface area is 113 Å². The number of pyridine rings is 1. The molecule has 18 heavy (non-hydrogen) atoms. The van der Waals surface area contributed by atoms with E-state index in [-0.39, 0.29) is 11.3 Å². The van der Waals surface area contributed by atoms with Gasteiger partial charge in [0, 0.05) is 17.8 Å². The number of carbonyl (C=O) groups excluding carboxylic acids is 1. The van der Waals surface area contributed by atoms with Crippen LogP contribution in [0.5, 0.6) is 0 Å². The van der Waals surface area contributed by atoms with Gasteiger partial charge in [-0.3, -0.25) is 4.79 Å². The number of halogens is 1. The van der Waals surface area contributed by atoms with Crippen LogP contribution in [0.2, 0.25) is 5.15 Å². The van der Waals surface area contributed by atoms with Crippen LogP contribution in [-0.2, 0) is 0 Å². The number of aryl methyl sites for hydroxylation is 1. The van der Waals surface area contributed by atoms with Crippen LogP contribution in [0.1, 0.15) is 48.7 Å². The molecule has 0 saturated heterocycles. The van der Waals surface area contributed by atoms with Gasteiger partial charge in [0.05, 0.1) is 0 Å². The number of nitrogens with zero attached hydrogens (tertiary/aromatic N) is 1. The second kappa shape index (κ2) is 5.27. The summed E-state index contributed by atoms with van der Waals surface area (Å²) in [5.41, 5.74) is 1.62. The van der Waals surface area contributed by atoms with Crippen molar-refractivity contribution in [1.29, 1.82) is 0 Å². The van der Waals surface area contributed by atoms with Gasteiger partial charge < -0.3 is 5.32 Å². The summed E-state index contributed by atoms with van der Waals surface area (Å²) in [5, 5.41) is 3.38. The third-order valence-electron chi connectivity index (χ3n) is 3.67.